The van der Waals surface area contributed by atoms with E-state index in [0.29, 0.717) is 22.3 Å². The number of hydrogen-bond acceptors (Lipinski definition) is 4. The Morgan fingerprint density at radius 1 is 0.914 bits per heavy atom. The largest absolute Gasteiger partial charge is 0.456 e. The van der Waals surface area contributed by atoms with E-state index < -0.39 is 0 Å². The van der Waals surface area contributed by atoms with Gasteiger partial charge in [-0.2, -0.15) is 0 Å². The summed E-state index contributed by atoms with van der Waals surface area (Å²) in [6.07, 6.45) is 3.89. The number of amides is 1. The van der Waals surface area contributed by atoms with Crippen LogP contribution in [0.1, 0.15) is 46.3 Å². The molecule has 4 aromatic rings. The van der Waals surface area contributed by atoms with Gasteiger partial charge in [0.1, 0.15) is 11.3 Å². The van der Waals surface area contributed by atoms with E-state index in [4.69, 9.17) is 4.42 Å². The maximum atomic E-state index is 12.8. The SMILES string of the molecule is Cc1cc(C)c2oc(-c3ccc(C(=O)Nc4ccc(CN5CCCCC5)cc4)cc3)cc(=O)c2c1. The number of piperidine rings is 1. The van der Waals surface area contributed by atoms with Crippen molar-refractivity contribution in [2.24, 2.45) is 0 Å². The number of nitrogens with zero attached hydrogens (tertiary/aromatic N) is 1. The smallest absolute Gasteiger partial charge is 0.255 e. The van der Waals surface area contributed by atoms with Crippen LogP contribution in [-0.2, 0) is 6.54 Å². The predicted molar refractivity (Wildman–Crippen MR) is 141 cm³/mol. The number of hydrogen-bond donors (Lipinski definition) is 1. The molecule has 0 unspecified atom stereocenters. The average molecular weight is 467 g/mol. The molecular weight excluding hydrogens is 436 g/mol. The molecule has 5 rings (SSSR count). The molecule has 1 amide bonds. The van der Waals surface area contributed by atoms with E-state index in [1.807, 2.05) is 50.2 Å². The molecule has 2 heterocycles. The molecule has 1 aliphatic heterocycles. The highest BCUT2D eigenvalue weighted by Gasteiger charge is 2.13. The highest BCUT2D eigenvalue weighted by molar-refractivity contribution is 6.04. The van der Waals surface area contributed by atoms with Gasteiger partial charge in [0.15, 0.2) is 5.43 Å². The first-order chi connectivity index (χ1) is 17.0. The molecule has 0 atom stereocenters. The van der Waals surface area contributed by atoms with Crippen molar-refractivity contribution in [3.63, 3.8) is 0 Å². The standard InChI is InChI=1S/C30H30N2O3/c1-20-16-21(2)29-26(17-20)27(33)18-28(35-29)23-8-10-24(11-9-23)30(34)31-25-12-6-22(7-13-25)19-32-14-4-3-5-15-32/h6-13,16-18H,3-5,14-15,19H2,1-2H3,(H,31,34). The van der Waals surface area contributed by atoms with Gasteiger partial charge in [-0.3, -0.25) is 14.5 Å². The van der Waals surface area contributed by atoms with Crippen LogP contribution in [0.3, 0.4) is 0 Å². The lowest BCUT2D eigenvalue weighted by Crippen LogP contribution is -2.29. The van der Waals surface area contributed by atoms with E-state index in [-0.39, 0.29) is 11.3 Å². The second-order valence-electron chi connectivity index (χ2n) is 9.50. The van der Waals surface area contributed by atoms with Crippen LogP contribution in [0.15, 0.2) is 75.9 Å². The molecule has 0 aliphatic carbocycles. The molecule has 35 heavy (non-hydrogen) atoms. The summed E-state index contributed by atoms with van der Waals surface area (Å²) in [7, 11) is 0. The first-order valence-electron chi connectivity index (χ1n) is 12.2. The van der Waals surface area contributed by atoms with Crippen LogP contribution >= 0.6 is 0 Å². The van der Waals surface area contributed by atoms with E-state index in [1.54, 1.807) is 12.1 Å². The fraction of sp³-hybridized carbons (Fsp3) is 0.267. The molecule has 1 aliphatic rings. The zero-order valence-electron chi connectivity index (χ0n) is 20.3. The molecule has 0 bridgehead atoms. The average Bonchev–Trinajstić information content (AvgIpc) is 2.86. The van der Waals surface area contributed by atoms with Crippen molar-refractivity contribution < 1.29 is 9.21 Å². The maximum absolute atomic E-state index is 12.8. The van der Waals surface area contributed by atoms with E-state index in [9.17, 15) is 9.59 Å². The second kappa shape index (κ2) is 9.88. The van der Waals surface area contributed by atoms with Gasteiger partial charge < -0.3 is 9.73 Å². The summed E-state index contributed by atoms with van der Waals surface area (Å²) in [6, 6.07) is 20.6. The summed E-state index contributed by atoms with van der Waals surface area (Å²) in [4.78, 5) is 27.9. The zero-order valence-corrected chi connectivity index (χ0v) is 20.3. The van der Waals surface area contributed by atoms with Gasteiger partial charge in [-0.25, -0.2) is 0 Å². The van der Waals surface area contributed by atoms with Crippen molar-refractivity contribution in [1.82, 2.24) is 4.90 Å². The lowest BCUT2D eigenvalue weighted by Gasteiger charge is -2.26. The molecule has 0 spiro atoms. The predicted octanol–water partition coefficient (Wildman–Crippen LogP) is 6.32. The Balaban J connectivity index is 1.28. The van der Waals surface area contributed by atoms with Crippen LogP contribution in [0.25, 0.3) is 22.3 Å². The quantitative estimate of drug-likeness (QED) is 0.374. The third-order valence-electron chi connectivity index (χ3n) is 6.66. The number of rotatable bonds is 5. The van der Waals surface area contributed by atoms with E-state index in [1.165, 1.54) is 30.9 Å². The van der Waals surface area contributed by atoms with Crippen LogP contribution in [0.4, 0.5) is 5.69 Å². The first kappa shape index (κ1) is 23.1. The minimum atomic E-state index is -0.174. The number of fused-ring (bicyclic) bond motifs is 1. The van der Waals surface area contributed by atoms with E-state index >= 15 is 0 Å². The van der Waals surface area contributed by atoms with Gasteiger partial charge in [-0.05, 0) is 86.8 Å². The summed E-state index contributed by atoms with van der Waals surface area (Å²) in [5.74, 6) is 0.317. The third kappa shape index (κ3) is 5.20. The van der Waals surface area contributed by atoms with Crippen molar-refractivity contribution in [2.75, 3.05) is 18.4 Å². The Bertz CT molecular complexity index is 1410. The van der Waals surface area contributed by atoms with Crippen molar-refractivity contribution in [2.45, 2.75) is 39.7 Å². The van der Waals surface area contributed by atoms with Gasteiger partial charge in [0.25, 0.3) is 5.91 Å². The summed E-state index contributed by atoms with van der Waals surface area (Å²) in [5, 5.41) is 3.56. The normalized spacial score (nSPS) is 14.2. The van der Waals surface area contributed by atoms with Crippen molar-refractivity contribution in [1.29, 1.82) is 0 Å². The number of likely N-dealkylation sites (tertiary alicyclic amines) is 1. The molecule has 1 saturated heterocycles. The number of nitrogens with one attached hydrogen (secondary N) is 1. The molecule has 1 fully saturated rings. The van der Waals surface area contributed by atoms with Gasteiger partial charge in [0, 0.05) is 29.4 Å². The third-order valence-corrected chi connectivity index (χ3v) is 6.66. The highest BCUT2D eigenvalue weighted by Crippen LogP contribution is 2.26. The molecule has 178 valence electrons. The fourth-order valence-corrected chi connectivity index (χ4v) is 4.81. The minimum Gasteiger partial charge on any atom is -0.456 e. The number of anilines is 1. The van der Waals surface area contributed by atoms with Crippen LogP contribution < -0.4 is 10.7 Å². The first-order valence-corrected chi connectivity index (χ1v) is 12.2. The maximum Gasteiger partial charge on any atom is 0.255 e. The molecule has 3 aromatic carbocycles. The second-order valence-corrected chi connectivity index (χ2v) is 9.50. The molecule has 1 aromatic heterocycles. The number of carbonyl (C=O) groups excluding carboxylic acids is 1. The van der Waals surface area contributed by atoms with Gasteiger partial charge >= 0.3 is 0 Å². The lowest BCUT2D eigenvalue weighted by atomic mass is 10.1. The molecule has 5 heteroatoms. The van der Waals surface area contributed by atoms with Gasteiger partial charge in [-0.1, -0.05) is 36.8 Å². The monoisotopic (exact) mass is 466 g/mol. The van der Waals surface area contributed by atoms with Crippen LogP contribution in [0.2, 0.25) is 0 Å². The Morgan fingerprint density at radius 3 is 2.34 bits per heavy atom. The Labute approximate surface area is 205 Å². The minimum absolute atomic E-state index is 0.0707. The highest BCUT2D eigenvalue weighted by atomic mass is 16.3. The van der Waals surface area contributed by atoms with Gasteiger partial charge in [-0.15, -0.1) is 0 Å². The lowest BCUT2D eigenvalue weighted by molar-refractivity contribution is 0.102. The van der Waals surface area contributed by atoms with Crippen LogP contribution in [0, 0.1) is 13.8 Å². The number of benzene rings is 3. The fourth-order valence-electron chi connectivity index (χ4n) is 4.81. The topological polar surface area (TPSA) is 62.6 Å². The zero-order chi connectivity index (χ0) is 24.4. The number of aryl methyl sites for hydroxylation is 2. The van der Waals surface area contributed by atoms with Crippen molar-refractivity contribution in [3.05, 3.63) is 99.2 Å². The van der Waals surface area contributed by atoms with E-state index in [2.05, 4.69) is 22.3 Å². The molecule has 1 N–H and O–H groups in total. The molecule has 0 radical (unpaired) electrons. The Hall–Kier alpha value is -3.70. The van der Waals surface area contributed by atoms with Crippen LogP contribution in [-0.4, -0.2) is 23.9 Å². The summed E-state index contributed by atoms with van der Waals surface area (Å²) >= 11 is 0. The summed E-state index contributed by atoms with van der Waals surface area (Å²) in [5.41, 5.74) is 5.81. The molecule has 0 saturated carbocycles. The molecule has 5 nitrogen and oxygen atoms in total. The van der Waals surface area contributed by atoms with Crippen LogP contribution in [0.5, 0.6) is 0 Å². The summed E-state index contributed by atoms with van der Waals surface area (Å²) < 4.78 is 6.07. The Morgan fingerprint density at radius 2 is 1.63 bits per heavy atom. The van der Waals surface area contributed by atoms with Crippen molar-refractivity contribution >= 4 is 22.6 Å². The van der Waals surface area contributed by atoms with Gasteiger partial charge in [0.05, 0.1) is 5.39 Å². The van der Waals surface area contributed by atoms with Gasteiger partial charge in [0.2, 0.25) is 0 Å². The van der Waals surface area contributed by atoms with E-state index in [0.717, 1.165) is 42.0 Å². The van der Waals surface area contributed by atoms with Crippen molar-refractivity contribution in [3.8, 4) is 11.3 Å². The number of carbonyl (C=O) groups is 1. The molecular formula is C30H30N2O3. The Kier molecular flexibility index (Phi) is 6.51. The summed E-state index contributed by atoms with van der Waals surface area (Å²) in [6.45, 7) is 7.19.